The molecule has 1 aliphatic rings. The highest BCUT2D eigenvalue weighted by atomic mass is 35.5. The molecule has 156 valence electrons. The Bertz CT molecular complexity index is 1130. The van der Waals surface area contributed by atoms with E-state index in [2.05, 4.69) is 5.32 Å². The molecule has 3 aromatic rings. The average molecular weight is 433 g/mol. The molecule has 0 saturated carbocycles. The van der Waals surface area contributed by atoms with E-state index in [1.54, 1.807) is 36.4 Å². The van der Waals surface area contributed by atoms with E-state index in [1.807, 2.05) is 49.4 Å². The second-order valence-electron chi connectivity index (χ2n) is 7.45. The van der Waals surface area contributed by atoms with Crippen LogP contribution in [0.25, 0.3) is 11.1 Å². The first-order valence-corrected chi connectivity index (χ1v) is 10.4. The van der Waals surface area contributed by atoms with Crippen molar-refractivity contribution in [2.45, 2.75) is 18.9 Å². The van der Waals surface area contributed by atoms with Crippen molar-refractivity contribution in [3.63, 3.8) is 0 Å². The summed E-state index contributed by atoms with van der Waals surface area (Å²) < 4.78 is 0. The zero-order valence-corrected chi connectivity index (χ0v) is 17.7. The molecule has 3 aromatic carbocycles. The number of Topliss-reactive ketones (excluding diaryl/α,β-unsaturated/α-hetero) is 1. The molecule has 1 heterocycles. The first-order valence-electron chi connectivity index (χ1n) is 10.0. The zero-order valence-electron chi connectivity index (χ0n) is 17.0. The van der Waals surface area contributed by atoms with Gasteiger partial charge in [-0.3, -0.25) is 14.5 Å². The third-order valence-electron chi connectivity index (χ3n) is 5.66. The molecule has 0 spiro atoms. The fourth-order valence-corrected chi connectivity index (χ4v) is 3.98. The van der Waals surface area contributed by atoms with Crippen LogP contribution in [0.1, 0.15) is 29.3 Å². The molecule has 1 fully saturated rings. The fraction of sp³-hybridized carbons (Fsp3) is 0.160. The van der Waals surface area contributed by atoms with Crippen LogP contribution in [0, 0.1) is 0 Å². The lowest BCUT2D eigenvalue weighted by atomic mass is 9.87. The molecule has 0 bridgehead atoms. The third-order valence-corrected chi connectivity index (χ3v) is 5.91. The van der Waals surface area contributed by atoms with Gasteiger partial charge in [-0.15, -0.1) is 0 Å². The lowest BCUT2D eigenvalue weighted by Gasteiger charge is -2.25. The largest absolute Gasteiger partial charge is 0.325 e. The maximum Gasteiger partial charge on any atom is 0.325 e. The Morgan fingerprint density at radius 1 is 0.903 bits per heavy atom. The molecule has 4 rings (SSSR count). The lowest BCUT2D eigenvalue weighted by Crippen LogP contribution is -2.43. The van der Waals surface area contributed by atoms with E-state index in [9.17, 15) is 14.4 Å². The van der Waals surface area contributed by atoms with Gasteiger partial charge < -0.3 is 5.32 Å². The first-order chi connectivity index (χ1) is 14.9. The predicted molar refractivity (Wildman–Crippen MR) is 120 cm³/mol. The number of benzene rings is 3. The molecule has 6 heteroatoms. The molecule has 3 amide bonds. The Morgan fingerprint density at radius 3 is 2.13 bits per heavy atom. The van der Waals surface area contributed by atoms with Crippen LogP contribution in [-0.4, -0.2) is 29.2 Å². The number of imide groups is 1. The second kappa shape index (κ2) is 8.36. The summed E-state index contributed by atoms with van der Waals surface area (Å²) in [5.74, 6) is -0.734. The number of carbonyl (C=O) groups is 3. The zero-order chi connectivity index (χ0) is 22.0. The molecule has 1 atom stereocenters. The van der Waals surface area contributed by atoms with Crippen LogP contribution in [0.3, 0.4) is 0 Å². The molecule has 5 nitrogen and oxygen atoms in total. The number of hydrogen-bond acceptors (Lipinski definition) is 3. The maximum absolute atomic E-state index is 13.2. The Balaban J connectivity index is 1.53. The maximum atomic E-state index is 13.2. The minimum absolute atomic E-state index is 0.300. The van der Waals surface area contributed by atoms with Crippen LogP contribution < -0.4 is 5.32 Å². The number of amides is 3. The first kappa shape index (κ1) is 20.8. The average Bonchev–Trinajstić information content (AvgIpc) is 3.05. The van der Waals surface area contributed by atoms with Crippen molar-refractivity contribution in [3.8, 4) is 11.1 Å². The van der Waals surface area contributed by atoms with Gasteiger partial charge in [0, 0.05) is 10.6 Å². The van der Waals surface area contributed by atoms with Crippen molar-refractivity contribution < 1.29 is 14.4 Å². The number of halogens is 1. The molecule has 1 aliphatic heterocycles. The van der Waals surface area contributed by atoms with E-state index in [1.165, 1.54) is 0 Å². The molecule has 0 aromatic heterocycles. The van der Waals surface area contributed by atoms with Crippen LogP contribution >= 0.6 is 11.6 Å². The van der Waals surface area contributed by atoms with Crippen molar-refractivity contribution in [2.75, 3.05) is 6.54 Å². The van der Waals surface area contributed by atoms with Crippen molar-refractivity contribution in [2.24, 2.45) is 0 Å². The van der Waals surface area contributed by atoms with Crippen molar-refractivity contribution >= 4 is 29.3 Å². The Morgan fingerprint density at radius 2 is 1.52 bits per heavy atom. The van der Waals surface area contributed by atoms with Crippen LogP contribution in [0.5, 0.6) is 0 Å². The van der Waals surface area contributed by atoms with E-state index in [4.69, 9.17) is 11.6 Å². The molecule has 31 heavy (non-hydrogen) atoms. The van der Waals surface area contributed by atoms with E-state index in [-0.39, 0.29) is 12.3 Å². The SMILES string of the molecule is CC[C@@]1(c2ccc(Cl)cc2)NC(=O)N(CC(=O)c2ccc(-c3ccccc3)cc2)C1=O. The van der Waals surface area contributed by atoms with Gasteiger partial charge in [0.15, 0.2) is 5.78 Å². The summed E-state index contributed by atoms with van der Waals surface area (Å²) in [4.78, 5) is 39.7. The second-order valence-corrected chi connectivity index (χ2v) is 7.89. The molecular formula is C25H21ClN2O3. The monoisotopic (exact) mass is 432 g/mol. The molecule has 1 saturated heterocycles. The number of rotatable bonds is 6. The smallest absolute Gasteiger partial charge is 0.319 e. The standard InChI is InChI=1S/C25H21ClN2O3/c1-2-25(20-12-14-21(26)15-13-20)23(30)28(24(31)27-25)16-22(29)19-10-8-18(9-11-19)17-6-4-3-5-7-17/h3-15H,2,16H2,1H3,(H,27,31)/t25-/m0/s1. The van der Waals surface area contributed by atoms with E-state index >= 15 is 0 Å². The highest BCUT2D eigenvalue weighted by Crippen LogP contribution is 2.33. The summed E-state index contributed by atoms with van der Waals surface area (Å²) in [6.45, 7) is 1.51. The number of nitrogens with zero attached hydrogens (tertiary/aromatic N) is 1. The van der Waals surface area contributed by atoms with Crippen molar-refractivity contribution in [3.05, 3.63) is 95.0 Å². The topological polar surface area (TPSA) is 66.5 Å². The van der Waals surface area contributed by atoms with Gasteiger partial charge >= 0.3 is 6.03 Å². The van der Waals surface area contributed by atoms with Gasteiger partial charge in [-0.25, -0.2) is 4.79 Å². The fourth-order valence-electron chi connectivity index (χ4n) is 3.86. The highest BCUT2D eigenvalue weighted by Gasteiger charge is 2.51. The van der Waals surface area contributed by atoms with Gasteiger partial charge in [0.1, 0.15) is 5.54 Å². The predicted octanol–water partition coefficient (Wildman–Crippen LogP) is 5.05. The molecule has 1 N–H and O–H groups in total. The van der Waals surface area contributed by atoms with Crippen LogP contribution in [0.15, 0.2) is 78.9 Å². The molecular weight excluding hydrogens is 412 g/mol. The van der Waals surface area contributed by atoms with Gasteiger partial charge in [-0.1, -0.05) is 85.3 Å². The summed E-state index contributed by atoms with van der Waals surface area (Å²) >= 11 is 5.96. The Hall–Kier alpha value is -3.44. The number of ketones is 1. The normalized spacial score (nSPS) is 18.2. The Kier molecular flexibility index (Phi) is 5.61. The Labute approximate surface area is 185 Å². The van der Waals surface area contributed by atoms with Crippen molar-refractivity contribution in [1.29, 1.82) is 0 Å². The highest BCUT2D eigenvalue weighted by molar-refractivity contribution is 6.30. The van der Waals surface area contributed by atoms with Crippen LogP contribution in [0.2, 0.25) is 5.02 Å². The summed E-state index contributed by atoms with van der Waals surface area (Å²) in [6.07, 6.45) is 0.357. The number of nitrogens with one attached hydrogen (secondary N) is 1. The van der Waals surface area contributed by atoms with Gasteiger partial charge in [0.05, 0.1) is 6.54 Å². The molecule has 0 radical (unpaired) electrons. The van der Waals surface area contributed by atoms with E-state index in [0.29, 0.717) is 22.6 Å². The molecule has 0 aliphatic carbocycles. The van der Waals surface area contributed by atoms with Gasteiger partial charge in [-0.05, 0) is 35.2 Å². The van der Waals surface area contributed by atoms with Crippen LogP contribution in [-0.2, 0) is 10.3 Å². The van der Waals surface area contributed by atoms with Gasteiger partial charge in [0.2, 0.25) is 0 Å². The van der Waals surface area contributed by atoms with Crippen molar-refractivity contribution in [1.82, 2.24) is 10.2 Å². The van der Waals surface area contributed by atoms with Gasteiger partial charge in [0.25, 0.3) is 5.91 Å². The summed E-state index contributed by atoms with van der Waals surface area (Å²) in [5.41, 5.74) is 1.92. The third kappa shape index (κ3) is 3.84. The quantitative estimate of drug-likeness (QED) is 0.438. The number of hydrogen-bond donors (Lipinski definition) is 1. The summed E-state index contributed by atoms with van der Waals surface area (Å²) in [6, 6.07) is 23.2. The number of urea groups is 1. The lowest BCUT2D eigenvalue weighted by molar-refractivity contribution is -0.131. The van der Waals surface area contributed by atoms with Crippen LogP contribution in [0.4, 0.5) is 4.79 Å². The van der Waals surface area contributed by atoms with Gasteiger partial charge in [-0.2, -0.15) is 0 Å². The summed E-state index contributed by atoms with van der Waals surface area (Å²) in [7, 11) is 0. The van der Waals surface area contributed by atoms with E-state index < -0.39 is 17.5 Å². The molecule has 0 unspecified atom stereocenters. The van der Waals surface area contributed by atoms with E-state index in [0.717, 1.165) is 16.0 Å². The summed E-state index contributed by atoms with van der Waals surface area (Å²) in [5, 5.41) is 3.32. The number of carbonyl (C=O) groups excluding carboxylic acids is 3. The minimum atomic E-state index is -1.20. The minimum Gasteiger partial charge on any atom is -0.319 e.